The summed E-state index contributed by atoms with van der Waals surface area (Å²) in [6, 6.07) is 15.8. The lowest BCUT2D eigenvalue weighted by Crippen LogP contribution is -2.41. The molecule has 1 saturated heterocycles. The summed E-state index contributed by atoms with van der Waals surface area (Å²) in [5, 5.41) is 14.9. The Balaban J connectivity index is 1.56. The number of rotatable bonds is 9. The quantitative estimate of drug-likeness (QED) is 0.346. The van der Waals surface area contributed by atoms with Crippen molar-refractivity contribution >= 4 is 27.1 Å². The first-order valence-electron chi connectivity index (χ1n) is 10.8. The minimum Gasteiger partial charge on any atom is -0.465 e. The standard InChI is InChI=1S/C23H26N4O6S/c1-17-7-10-23(33-17)22(26-11-13-32-14-12-26)16-24-20-9-8-19(15-21(20)27(28)29)34(30,31)25-18-5-3-2-4-6-18/h2-10,15,22,24-25H,11-14,16H2,1H3/t22-/m1/s1. The fourth-order valence-corrected chi connectivity index (χ4v) is 4.92. The molecule has 1 aliphatic heterocycles. The van der Waals surface area contributed by atoms with Crippen LogP contribution in [0.25, 0.3) is 0 Å². The number of nitrogens with one attached hydrogen (secondary N) is 2. The summed E-state index contributed by atoms with van der Waals surface area (Å²) < 4.78 is 39.2. The Labute approximate surface area is 197 Å². The summed E-state index contributed by atoms with van der Waals surface area (Å²) in [7, 11) is -3.99. The lowest BCUT2D eigenvalue weighted by atomic mass is 10.1. The molecule has 0 amide bonds. The average Bonchev–Trinajstić information content (AvgIpc) is 3.26. The number of aryl methyl sites for hydroxylation is 1. The fraction of sp³-hybridized carbons (Fsp3) is 0.304. The molecule has 0 bridgehead atoms. The molecular weight excluding hydrogens is 460 g/mol. The van der Waals surface area contributed by atoms with Crippen LogP contribution in [0.1, 0.15) is 17.6 Å². The van der Waals surface area contributed by atoms with Crippen molar-refractivity contribution in [3.8, 4) is 0 Å². The van der Waals surface area contributed by atoms with E-state index in [9.17, 15) is 18.5 Å². The van der Waals surface area contributed by atoms with Crippen LogP contribution in [0.5, 0.6) is 0 Å². The Hall–Kier alpha value is -3.41. The molecule has 1 atom stereocenters. The largest absolute Gasteiger partial charge is 0.465 e. The molecule has 0 radical (unpaired) electrons. The highest BCUT2D eigenvalue weighted by Crippen LogP contribution is 2.31. The molecule has 0 unspecified atom stereocenters. The SMILES string of the molecule is Cc1ccc([C@@H](CNc2ccc(S(=O)(=O)Nc3ccccc3)cc2[N+](=O)[O-])N2CCOCC2)o1. The van der Waals surface area contributed by atoms with Crippen LogP contribution in [-0.2, 0) is 14.8 Å². The van der Waals surface area contributed by atoms with Gasteiger partial charge in [0.1, 0.15) is 17.2 Å². The Morgan fingerprint density at radius 1 is 1.09 bits per heavy atom. The number of para-hydroxylation sites is 1. The Kier molecular flexibility index (Phi) is 7.15. The van der Waals surface area contributed by atoms with Crippen molar-refractivity contribution in [3.63, 3.8) is 0 Å². The van der Waals surface area contributed by atoms with Crippen molar-refractivity contribution in [3.05, 3.63) is 82.3 Å². The second kappa shape index (κ2) is 10.2. The highest BCUT2D eigenvalue weighted by molar-refractivity contribution is 7.92. The summed E-state index contributed by atoms with van der Waals surface area (Å²) in [6.07, 6.45) is 0. The van der Waals surface area contributed by atoms with E-state index in [0.717, 1.165) is 17.6 Å². The van der Waals surface area contributed by atoms with E-state index in [2.05, 4.69) is 14.9 Å². The fourth-order valence-electron chi connectivity index (χ4n) is 3.84. The summed E-state index contributed by atoms with van der Waals surface area (Å²) in [4.78, 5) is 13.2. The maximum atomic E-state index is 12.8. The topological polar surface area (TPSA) is 127 Å². The molecule has 3 aromatic rings. The minimum absolute atomic E-state index is 0.166. The van der Waals surface area contributed by atoms with Crippen LogP contribution in [0.15, 0.2) is 70.0 Å². The van der Waals surface area contributed by atoms with Crippen LogP contribution >= 0.6 is 0 Å². The maximum Gasteiger partial charge on any atom is 0.293 e. The number of hydrogen-bond acceptors (Lipinski definition) is 8. The highest BCUT2D eigenvalue weighted by Gasteiger charge is 2.27. The number of nitrogens with zero attached hydrogens (tertiary/aromatic N) is 2. The minimum atomic E-state index is -3.99. The average molecular weight is 487 g/mol. The van der Waals surface area contributed by atoms with Gasteiger partial charge in [-0.2, -0.15) is 0 Å². The van der Waals surface area contributed by atoms with Crippen molar-refractivity contribution in [1.29, 1.82) is 0 Å². The maximum absolute atomic E-state index is 12.8. The van der Waals surface area contributed by atoms with E-state index in [1.807, 2.05) is 19.1 Å². The van der Waals surface area contributed by atoms with Gasteiger partial charge < -0.3 is 14.5 Å². The third-order valence-electron chi connectivity index (χ3n) is 5.56. The second-order valence-electron chi connectivity index (χ2n) is 7.90. The lowest BCUT2D eigenvalue weighted by Gasteiger charge is -2.33. The third-order valence-corrected chi connectivity index (χ3v) is 6.94. The number of nitro groups is 1. The van der Waals surface area contributed by atoms with Gasteiger partial charge in [0.05, 0.1) is 29.1 Å². The predicted octanol–water partition coefficient (Wildman–Crippen LogP) is 3.78. The molecule has 34 heavy (non-hydrogen) atoms. The molecular formula is C23H26N4O6S. The zero-order valence-corrected chi connectivity index (χ0v) is 19.5. The number of nitro benzene ring substituents is 1. The first-order valence-corrected chi connectivity index (χ1v) is 12.3. The molecule has 180 valence electrons. The molecule has 2 aromatic carbocycles. The van der Waals surface area contributed by atoms with E-state index in [1.54, 1.807) is 30.3 Å². The Morgan fingerprint density at radius 3 is 2.47 bits per heavy atom. The van der Waals surface area contributed by atoms with Crippen LogP contribution in [0, 0.1) is 17.0 Å². The third kappa shape index (κ3) is 5.56. The number of ether oxygens (including phenoxy) is 1. The van der Waals surface area contributed by atoms with Gasteiger partial charge in [-0.1, -0.05) is 18.2 Å². The molecule has 11 heteroatoms. The summed E-state index contributed by atoms with van der Waals surface area (Å²) >= 11 is 0. The first kappa shape index (κ1) is 23.7. The zero-order chi connectivity index (χ0) is 24.1. The molecule has 1 aliphatic rings. The van der Waals surface area contributed by atoms with Crippen LogP contribution in [0.3, 0.4) is 0 Å². The smallest absolute Gasteiger partial charge is 0.293 e. The predicted molar refractivity (Wildman–Crippen MR) is 127 cm³/mol. The van der Waals surface area contributed by atoms with Crippen molar-refractivity contribution in [2.24, 2.45) is 0 Å². The highest BCUT2D eigenvalue weighted by atomic mass is 32.2. The molecule has 0 saturated carbocycles. The van der Waals surface area contributed by atoms with Crippen molar-refractivity contribution in [2.45, 2.75) is 17.9 Å². The monoisotopic (exact) mass is 486 g/mol. The van der Waals surface area contributed by atoms with Gasteiger partial charge in [0.2, 0.25) is 0 Å². The molecule has 1 fully saturated rings. The molecule has 2 heterocycles. The van der Waals surface area contributed by atoms with Crippen LogP contribution in [0.4, 0.5) is 17.1 Å². The number of furan rings is 1. The Bertz CT molecular complexity index is 1240. The summed E-state index contributed by atoms with van der Waals surface area (Å²) in [5.41, 5.74) is 0.270. The van der Waals surface area contributed by atoms with Gasteiger partial charge in [-0.25, -0.2) is 8.42 Å². The first-order chi connectivity index (χ1) is 16.3. The number of anilines is 2. The Morgan fingerprint density at radius 2 is 1.82 bits per heavy atom. The van der Waals surface area contributed by atoms with Crippen LogP contribution < -0.4 is 10.0 Å². The molecule has 0 aliphatic carbocycles. The van der Waals surface area contributed by atoms with Crippen LogP contribution in [-0.4, -0.2) is 51.1 Å². The molecule has 10 nitrogen and oxygen atoms in total. The van der Waals surface area contributed by atoms with Gasteiger partial charge in [-0.15, -0.1) is 0 Å². The summed E-state index contributed by atoms with van der Waals surface area (Å²) in [6.45, 7) is 4.80. The van der Waals surface area contributed by atoms with Gasteiger partial charge in [0, 0.05) is 31.4 Å². The van der Waals surface area contributed by atoms with E-state index in [1.165, 1.54) is 12.1 Å². The second-order valence-corrected chi connectivity index (χ2v) is 9.58. The lowest BCUT2D eigenvalue weighted by molar-refractivity contribution is -0.384. The normalized spacial score (nSPS) is 15.6. The number of morpholine rings is 1. The van der Waals surface area contributed by atoms with E-state index in [0.29, 0.717) is 38.5 Å². The van der Waals surface area contributed by atoms with E-state index >= 15 is 0 Å². The van der Waals surface area contributed by atoms with Crippen molar-refractivity contribution < 1.29 is 22.5 Å². The van der Waals surface area contributed by atoms with E-state index in [-0.39, 0.29) is 22.3 Å². The molecule has 4 rings (SSSR count). The number of sulfonamides is 1. The van der Waals surface area contributed by atoms with Crippen LogP contribution in [0.2, 0.25) is 0 Å². The van der Waals surface area contributed by atoms with Gasteiger partial charge in [-0.05, 0) is 43.3 Å². The zero-order valence-electron chi connectivity index (χ0n) is 18.6. The van der Waals surface area contributed by atoms with Gasteiger partial charge >= 0.3 is 0 Å². The van der Waals surface area contributed by atoms with E-state index in [4.69, 9.17) is 9.15 Å². The van der Waals surface area contributed by atoms with Gasteiger partial charge in [0.25, 0.3) is 15.7 Å². The van der Waals surface area contributed by atoms with Gasteiger partial charge in [0.15, 0.2) is 0 Å². The van der Waals surface area contributed by atoms with E-state index < -0.39 is 14.9 Å². The van der Waals surface area contributed by atoms with Crippen molar-refractivity contribution in [2.75, 3.05) is 42.9 Å². The number of hydrogen-bond donors (Lipinski definition) is 2. The van der Waals surface area contributed by atoms with Crippen molar-refractivity contribution in [1.82, 2.24) is 4.90 Å². The summed E-state index contributed by atoms with van der Waals surface area (Å²) in [5.74, 6) is 1.53. The number of benzene rings is 2. The molecule has 2 N–H and O–H groups in total. The van der Waals surface area contributed by atoms with Gasteiger partial charge in [-0.3, -0.25) is 19.7 Å². The molecule has 0 spiro atoms. The molecule has 1 aromatic heterocycles.